The Morgan fingerprint density at radius 3 is 2.62 bits per heavy atom. The van der Waals surface area contributed by atoms with Crippen molar-refractivity contribution in [2.45, 2.75) is 25.5 Å². The zero-order chi connectivity index (χ0) is 17.1. The van der Waals surface area contributed by atoms with Gasteiger partial charge in [0.15, 0.2) is 23.0 Å². The van der Waals surface area contributed by atoms with Crippen LogP contribution in [0.15, 0.2) is 36.4 Å². The lowest BCUT2D eigenvalue weighted by molar-refractivity contribution is 0.170. The smallest absolute Gasteiger partial charge is 0.231 e. The first-order valence-corrected chi connectivity index (χ1v) is 7.85. The molecule has 0 saturated heterocycles. The highest BCUT2D eigenvalue weighted by atomic mass is 16.7. The molecule has 0 saturated carbocycles. The van der Waals surface area contributed by atoms with Gasteiger partial charge in [0.2, 0.25) is 6.79 Å². The van der Waals surface area contributed by atoms with Gasteiger partial charge in [0.25, 0.3) is 0 Å². The van der Waals surface area contributed by atoms with Crippen LogP contribution in [0.4, 0.5) is 0 Å². The SMILES string of the molecule is CC(Cc1ccc2c(c1)OCO2)NC[C@@H](O)c1ccc(O)c(O)c1. The summed E-state index contributed by atoms with van der Waals surface area (Å²) < 4.78 is 10.7. The van der Waals surface area contributed by atoms with Crippen LogP contribution in [0.25, 0.3) is 0 Å². The third-order valence-electron chi connectivity index (χ3n) is 4.02. The summed E-state index contributed by atoms with van der Waals surface area (Å²) in [6, 6.07) is 10.3. The molecule has 2 aromatic carbocycles. The van der Waals surface area contributed by atoms with Gasteiger partial charge in [-0.3, -0.25) is 0 Å². The fourth-order valence-electron chi connectivity index (χ4n) is 2.67. The van der Waals surface area contributed by atoms with E-state index in [4.69, 9.17) is 9.47 Å². The molecule has 1 aliphatic heterocycles. The Morgan fingerprint density at radius 2 is 1.83 bits per heavy atom. The Hall–Kier alpha value is -2.44. The van der Waals surface area contributed by atoms with Crippen molar-refractivity contribution in [2.75, 3.05) is 13.3 Å². The standard InChI is InChI=1S/C18H21NO5/c1-11(6-12-2-5-17-18(7-12)24-10-23-17)19-9-16(22)13-3-4-14(20)15(21)8-13/h2-5,7-8,11,16,19-22H,6,9-10H2,1H3/t11?,16-/m1/s1. The summed E-state index contributed by atoms with van der Waals surface area (Å²) >= 11 is 0. The van der Waals surface area contributed by atoms with Crippen molar-refractivity contribution in [1.82, 2.24) is 5.32 Å². The van der Waals surface area contributed by atoms with Crippen LogP contribution in [-0.2, 0) is 6.42 Å². The van der Waals surface area contributed by atoms with Gasteiger partial charge in [-0.2, -0.15) is 0 Å². The van der Waals surface area contributed by atoms with E-state index in [2.05, 4.69) is 5.32 Å². The molecule has 3 rings (SSSR count). The molecule has 2 atom stereocenters. The van der Waals surface area contributed by atoms with Crippen molar-refractivity contribution in [3.8, 4) is 23.0 Å². The predicted octanol–water partition coefficient (Wildman–Crippen LogP) is 2.08. The van der Waals surface area contributed by atoms with Gasteiger partial charge < -0.3 is 30.1 Å². The van der Waals surface area contributed by atoms with E-state index in [9.17, 15) is 15.3 Å². The topological polar surface area (TPSA) is 91.2 Å². The summed E-state index contributed by atoms with van der Waals surface area (Å²) in [5, 5.41) is 32.3. The van der Waals surface area contributed by atoms with Gasteiger partial charge in [0, 0.05) is 12.6 Å². The number of phenols is 2. The Morgan fingerprint density at radius 1 is 1.04 bits per heavy atom. The summed E-state index contributed by atoms with van der Waals surface area (Å²) in [5.74, 6) is 1.09. The summed E-state index contributed by atoms with van der Waals surface area (Å²) in [5.41, 5.74) is 1.67. The maximum Gasteiger partial charge on any atom is 0.231 e. The molecule has 1 unspecified atom stereocenters. The quantitative estimate of drug-likeness (QED) is 0.606. The highest BCUT2D eigenvalue weighted by molar-refractivity contribution is 5.44. The molecule has 0 amide bonds. The van der Waals surface area contributed by atoms with Crippen LogP contribution in [0.5, 0.6) is 23.0 Å². The van der Waals surface area contributed by atoms with E-state index in [0.717, 1.165) is 23.5 Å². The molecule has 0 radical (unpaired) electrons. The highest BCUT2D eigenvalue weighted by Crippen LogP contribution is 2.32. The molecule has 0 bridgehead atoms. The lowest BCUT2D eigenvalue weighted by Gasteiger charge is -2.18. The molecule has 0 fully saturated rings. The third-order valence-corrected chi connectivity index (χ3v) is 4.02. The van der Waals surface area contributed by atoms with Gasteiger partial charge >= 0.3 is 0 Å². The average Bonchev–Trinajstić information content (AvgIpc) is 3.03. The van der Waals surface area contributed by atoms with Crippen LogP contribution < -0.4 is 14.8 Å². The van der Waals surface area contributed by atoms with Crippen LogP contribution in [-0.4, -0.2) is 34.7 Å². The first kappa shape index (κ1) is 16.4. The van der Waals surface area contributed by atoms with Crippen LogP contribution in [0.2, 0.25) is 0 Å². The van der Waals surface area contributed by atoms with Crippen LogP contribution >= 0.6 is 0 Å². The Balaban J connectivity index is 1.53. The largest absolute Gasteiger partial charge is 0.504 e. The number of aliphatic hydroxyl groups is 1. The zero-order valence-corrected chi connectivity index (χ0v) is 13.4. The van der Waals surface area contributed by atoms with Gasteiger partial charge in [-0.1, -0.05) is 12.1 Å². The van der Waals surface area contributed by atoms with Crippen LogP contribution in [0.1, 0.15) is 24.2 Å². The summed E-state index contributed by atoms with van der Waals surface area (Å²) in [6.07, 6.45) is 0.0141. The van der Waals surface area contributed by atoms with Gasteiger partial charge in [-0.15, -0.1) is 0 Å². The van der Waals surface area contributed by atoms with Crippen LogP contribution in [0.3, 0.4) is 0 Å². The maximum absolute atomic E-state index is 10.2. The minimum atomic E-state index is -0.768. The highest BCUT2D eigenvalue weighted by Gasteiger charge is 2.15. The van der Waals surface area contributed by atoms with E-state index in [1.54, 1.807) is 6.07 Å². The fraction of sp³-hybridized carbons (Fsp3) is 0.333. The number of fused-ring (bicyclic) bond motifs is 1. The number of rotatable bonds is 6. The maximum atomic E-state index is 10.2. The monoisotopic (exact) mass is 331 g/mol. The molecule has 1 aliphatic rings. The molecule has 2 aromatic rings. The lowest BCUT2D eigenvalue weighted by atomic mass is 10.1. The molecule has 0 aromatic heterocycles. The molecule has 4 N–H and O–H groups in total. The fourth-order valence-corrected chi connectivity index (χ4v) is 2.67. The molecule has 24 heavy (non-hydrogen) atoms. The number of benzene rings is 2. The lowest BCUT2D eigenvalue weighted by Crippen LogP contribution is -2.32. The van der Waals surface area contributed by atoms with E-state index in [1.807, 2.05) is 25.1 Å². The summed E-state index contributed by atoms with van der Waals surface area (Å²) in [7, 11) is 0. The predicted molar refractivity (Wildman–Crippen MR) is 88.5 cm³/mol. The second kappa shape index (κ2) is 6.98. The van der Waals surface area contributed by atoms with E-state index in [-0.39, 0.29) is 24.3 Å². The first-order valence-electron chi connectivity index (χ1n) is 7.85. The average molecular weight is 331 g/mol. The number of aliphatic hydroxyl groups excluding tert-OH is 1. The normalized spacial score (nSPS) is 15.2. The third kappa shape index (κ3) is 3.72. The molecule has 6 nitrogen and oxygen atoms in total. The number of phenolic OH excluding ortho intramolecular Hbond substituents is 2. The van der Waals surface area contributed by atoms with Crippen LogP contribution in [0, 0.1) is 0 Å². The number of ether oxygens (including phenoxy) is 2. The van der Waals surface area contributed by atoms with E-state index in [0.29, 0.717) is 12.1 Å². The second-order valence-electron chi connectivity index (χ2n) is 5.96. The van der Waals surface area contributed by atoms with Crippen molar-refractivity contribution in [1.29, 1.82) is 0 Å². The summed E-state index contributed by atoms with van der Waals surface area (Å²) in [4.78, 5) is 0. The van der Waals surface area contributed by atoms with E-state index >= 15 is 0 Å². The van der Waals surface area contributed by atoms with Crippen molar-refractivity contribution >= 4 is 0 Å². The molecule has 6 heteroatoms. The van der Waals surface area contributed by atoms with Gasteiger partial charge in [-0.25, -0.2) is 0 Å². The number of hydrogen-bond donors (Lipinski definition) is 4. The molecule has 1 heterocycles. The molecular weight excluding hydrogens is 310 g/mol. The van der Waals surface area contributed by atoms with E-state index in [1.165, 1.54) is 12.1 Å². The number of nitrogens with one attached hydrogen (secondary N) is 1. The molecule has 0 aliphatic carbocycles. The molecular formula is C18H21NO5. The molecule has 128 valence electrons. The minimum Gasteiger partial charge on any atom is -0.504 e. The number of aromatic hydroxyl groups is 2. The Kier molecular flexibility index (Phi) is 4.78. The van der Waals surface area contributed by atoms with Crippen molar-refractivity contribution in [3.05, 3.63) is 47.5 Å². The zero-order valence-electron chi connectivity index (χ0n) is 13.4. The van der Waals surface area contributed by atoms with E-state index < -0.39 is 6.10 Å². The van der Waals surface area contributed by atoms with Gasteiger partial charge in [-0.05, 0) is 48.7 Å². The van der Waals surface area contributed by atoms with Gasteiger partial charge in [0.05, 0.1) is 6.10 Å². The second-order valence-corrected chi connectivity index (χ2v) is 5.96. The van der Waals surface area contributed by atoms with Gasteiger partial charge in [0.1, 0.15) is 0 Å². The van der Waals surface area contributed by atoms with Crippen molar-refractivity contribution in [3.63, 3.8) is 0 Å². The van der Waals surface area contributed by atoms with Crippen molar-refractivity contribution < 1.29 is 24.8 Å². The summed E-state index contributed by atoms with van der Waals surface area (Å²) in [6.45, 7) is 2.64. The molecule has 0 spiro atoms. The number of hydrogen-bond acceptors (Lipinski definition) is 6. The Bertz CT molecular complexity index is 719. The van der Waals surface area contributed by atoms with Crippen molar-refractivity contribution in [2.24, 2.45) is 0 Å². The first-order chi connectivity index (χ1) is 11.5. The minimum absolute atomic E-state index is 0.144. The Labute approximate surface area is 140 Å².